The largest absolute Gasteiger partial charge is 0.492 e. The van der Waals surface area contributed by atoms with Crippen molar-refractivity contribution in [3.63, 3.8) is 0 Å². The molecule has 0 heterocycles. The first-order chi connectivity index (χ1) is 7.47. The van der Waals surface area contributed by atoms with Crippen LogP contribution in [0.1, 0.15) is 24.0 Å². The molecule has 1 aromatic carbocycles. The van der Waals surface area contributed by atoms with E-state index in [4.69, 9.17) is 16.3 Å². The third-order valence-corrected chi connectivity index (χ3v) is 3.44. The van der Waals surface area contributed by atoms with Crippen LogP contribution in [0.25, 0.3) is 0 Å². The van der Waals surface area contributed by atoms with Gasteiger partial charge in [-0.15, -0.1) is 0 Å². The van der Waals surface area contributed by atoms with Gasteiger partial charge >= 0.3 is 0 Å². The van der Waals surface area contributed by atoms with Gasteiger partial charge in [0.2, 0.25) is 0 Å². The van der Waals surface area contributed by atoms with Crippen LogP contribution >= 0.6 is 11.6 Å². The van der Waals surface area contributed by atoms with Crippen molar-refractivity contribution in [2.45, 2.75) is 31.8 Å². The van der Waals surface area contributed by atoms with Gasteiger partial charge in [0.15, 0.2) is 11.6 Å². The summed E-state index contributed by atoms with van der Waals surface area (Å²) in [5.74, 6) is -0.389. The second kappa shape index (κ2) is 3.90. The van der Waals surface area contributed by atoms with E-state index in [9.17, 15) is 9.50 Å². The summed E-state index contributed by atoms with van der Waals surface area (Å²) < 4.78 is 18.9. The van der Waals surface area contributed by atoms with Gasteiger partial charge in [-0.3, -0.25) is 0 Å². The fraction of sp³-hybridized carbons (Fsp3) is 0.500. The van der Waals surface area contributed by atoms with Crippen molar-refractivity contribution in [3.8, 4) is 5.75 Å². The van der Waals surface area contributed by atoms with Crippen molar-refractivity contribution in [2.75, 3.05) is 7.11 Å². The highest BCUT2D eigenvalue weighted by Gasteiger charge is 2.41. The van der Waals surface area contributed by atoms with Crippen LogP contribution < -0.4 is 4.74 Å². The predicted octanol–water partition coefficient (Wildman–Crippen LogP) is 2.86. The molecule has 0 bridgehead atoms. The molecule has 16 heavy (non-hydrogen) atoms. The van der Waals surface area contributed by atoms with Crippen molar-refractivity contribution in [3.05, 3.63) is 28.0 Å². The molecule has 88 valence electrons. The third-order valence-electron chi connectivity index (χ3n) is 2.97. The SMILES string of the molecule is COc1c(F)c(CC2(O)CC2)cc(C)c1Cl. The van der Waals surface area contributed by atoms with Gasteiger partial charge in [-0.2, -0.15) is 0 Å². The molecule has 1 aliphatic rings. The van der Waals surface area contributed by atoms with Crippen molar-refractivity contribution in [1.29, 1.82) is 0 Å². The molecule has 0 unspecified atom stereocenters. The molecule has 2 rings (SSSR count). The highest BCUT2D eigenvalue weighted by atomic mass is 35.5. The first-order valence-electron chi connectivity index (χ1n) is 5.21. The molecule has 1 aliphatic carbocycles. The second-order valence-electron chi connectivity index (χ2n) is 4.41. The smallest absolute Gasteiger partial charge is 0.173 e. The Balaban J connectivity index is 2.41. The average molecular weight is 245 g/mol. The van der Waals surface area contributed by atoms with Gasteiger partial charge in [0, 0.05) is 6.42 Å². The van der Waals surface area contributed by atoms with Gasteiger partial charge in [0.1, 0.15) is 0 Å². The molecule has 0 spiro atoms. The van der Waals surface area contributed by atoms with Gasteiger partial charge < -0.3 is 9.84 Å². The summed E-state index contributed by atoms with van der Waals surface area (Å²) in [5, 5.41) is 10.1. The molecule has 0 atom stereocenters. The number of aliphatic hydroxyl groups is 1. The van der Waals surface area contributed by atoms with Crippen LogP contribution in [0, 0.1) is 12.7 Å². The number of benzene rings is 1. The van der Waals surface area contributed by atoms with Crippen LogP contribution in [0.5, 0.6) is 5.75 Å². The van der Waals surface area contributed by atoms with E-state index in [0.29, 0.717) is 17.0 Å². The van der Waals surface area contributed by atoms with Crippen LogP contribution in [-0.4, -0.2) is 17.8 Å². The topological polar surface area (TPSA) is 29.5 Å². The Kier molecular flexibility index (Phi) is 2.84. The lowest BCUT2D eigenvalue weighted by Crippen LogP contribution is -2.13. The summed E-state index contributed by atoms with van der Waals surface area (Å²) in [6, 6.07) is 1.68. The summed E-state index contributed by atoms with van der Waals surface area (Å²) in [6.45, 7) is 1.80. The number of rotatable bonds is 3. The van der Waals surface area contributed by atoms with Crippen molar-refractivity contribution in [1.82, 2.24) is 0 Å². The zero-order valence-electron chi connectivity index (χ0n) is 9.31. The lowest BCUT2D eigenvalue weighted by atomic mass is 10.0. The van der Waals surface area contributed by atoms with E-state index >= 15 is 0 Å². The average Bonchev–Trinajstić information content (AvgIpc) is 2.94. The summed E-state index contributed by atoms with van der Waals surface area (Å²) in [4.78, 5) is 0. The lowest BCUT2D eigenvalue weighted by Gasteiger charge is -2.14. The van der Waals surface area contributed by atoms with E-state index in [1.54, 1.807) is 13.0 Å². The molecular formula is C12H14ClFO2. The molecule has 0 aromatic heterocycles. The van der Waals surface area contributed by atoms with Gasteiger partial charge in [0.05, 0.1) is 17.7 Å². The van der Waals surface area contributed by atoms with E-state index in [0.717, 1.165) is 18.4 Å². The van der Waals surface area contributed by atoms with E-state index < -0.39 is 11.4 Å². The highest BCUT2D eigenvalue weighted by Crippen LogP contribution is 2.41. The van der Waals surface area contributed by atoms with Crippen LogP contribution in [0.2, 0.25) is 5.02 Å². The van der Waals surface area contributed by atoms with Crippen molar-refractivity contribution >= 4 is 11.6 Å². The maximum absolute atomic E-state index is 14.0. The molecule has 0 aliphatic heterocycles. The monoisotopic (exact) mass is 244 g/mol. The van der Waals surface area contributed by atoms with Crippen LogP contribution in [0.3, 0.4) is 0 Å². The fourth-order valence-corrected chi connectivity index (χ4v) is 2.01. The summed E-state index contributed by atoms with van der Waals surface area (Å²) in [7, 11) is 1.39. The van der Waals surface area contributed by atoms with Gasteiger partial charge in [-0.05, 0) is 30.9 Å². The normalized spacial score (nSPS) is 17.3. The number of halogens is 2. The van der Waals surface area contributed by atoms with Crippen LogP contribution in [0.15, 0.2) is 6.07 Å². The number of ether oxygens (including phenoxy) is 1. The lowest BCUT2D eigenvalue weighted by molar-refractivity contribution is 0.149. The summed E-state index contributed by atoms with van der Waals surface area (Å²) in [6.07, 6.45) is 1.79. The molecule has 0 amide bonds. The van der Waals surface area contributed by atoms with E-state index in [1.807, 2.05) is 0 Å². The molecule has 1 N–H and O–H groups in total. The van der Waals surface area contributed by atoms with Gasteiger partial charge in [-0.1, -0.05) is 17.7 Å². The number of hydrogen-bond acceptors (Lipinski definition) is 2. The maximum Gasteiger partial charge on any atom is 0.173 e. The zero-order chi connectivity index (χ0) is 11.9. The van der Waals surface area contributed by atoms with Crippen molar-refractivity contribution in [2.24, 2.45) is 0 Å². The fourth-order valence-electron chi connectivity index (χ4n) is 1.79. The van der Waals surface area contributed by atoms with E-state index in [-0.39, 0.29) is 5.75 Å². The Labute approximate surface area is 99.0 Å². The molecule has 0 radical (unpaired) electrons. The van der Waals surface area contributed by atoms with Crippen LogP contribution in [0.4, 0.5) is 4.39 Å². The van der Waals surface area contributed by atoms with Crippen molar-refractivity contribution < 1.29 is 14.2 Å². The predicted molar refractivity (Wildman–Crippen MR) is 60.6 cm³/mol. The van der Waals surface area contributed by atoms with Crippen LogP contribution in [-0.2, 0) is 6.42 Å². The molecule has 0 saturated heterocycles. The first kappa shape index (κ1) is 11.7. The zero-order valence-corrected chi connectivity index (χ0v) is 10.1. The summed E-state index contributed by atoms with van der Waals surface area (Å²) >= 11 is 5.93. The molecule has 4 heteroatoms. The Morgan fingerprint density at radius 2 is 2.19 bits per heavy atom. The molecule has 1 saturated carbocycles. The van der Waals surface area contributed by atoms with E-state index in [2.05, 4.69) is 0 Å². The Bertz CT molecular complexity index is 428. The molecule has 2 nitrogen and oxygen atoms in total. The minimum atomic E-state index is -0.716. The second-order valence-corrected chi connectivity index (χ2v) is 4.79. The van der Waals surface area contributed by atoms with E-state index in [1.165, 1.54) is 7.11 Å². The third kappa shape index (κ3) is 2.02. The Morgan fingerprint density at radius 3 is 2.69 bits per heavy atom. The number of aryl methyl sites for hydroxylation is 1. The number of methoxy groups -OCH3 is 1. The van der Waals surface area contributed by atoms with Gasteiger partial charge in [-0.25, -0.2) is 4.39 Å². The summed E-state index contributed by atoms with van der Waals surface area (Å²) in [5.41, 5.74) is 0.518. The first-order valence-corrected chi connectivity index (χ1v) is 5.58. The Morgan fingerprint density at radius 1 is 1.56 bits per heavy atom. The Hall–Kier alpha value is -0.800. The minimum absolute atomic E-state index is 0.0703. The minimum Gasteiger partial charge on any atom is -0.492 e. The molecule has 1 aromatic rings. The molecular weight excluding hydrogens is 231 g/mol. The van der Waals surface area contributed by atoms with Gasteiger partial charge in [0.25, 0.3) is 0 Å². The molecule has 1 fully saturated rings. The standard InChI is InChI=1S/C12H14ClFO2/c1-7-5-8(6-12(15)3-4-12)10(14)11(16-2)9(7)13/h5,15H,3-4,6H2,1-2H3. The highest BCUT2D eigenvalue weighted by molar-refractivity contribution is 6.32. The maximum atomic E-state index is 14.0. The quantitative estimate of drug-likeness (QED) is 0.886. The number of hydrogen-bond donors (Lipinski definition) is 1.